The zero-order chi connectivity index (χ0) is 20.5. The van der Waals surface area contributed by atoms with Crippen LogP contribution in [0.4, 0.5) is 4.79 Å². The minimum absolute atomic E-state index is 0.0405. The SMILES string of the molecule is CC(C)N(C(=O)Oc1c2c(nn1-c1ccccc1)CCc1ccccc1-2)C(C)C. The summed E-state index contributed by atoms with van der Waals surface area (Å²) < 4.78 is 7.83. The molecule has 150 valence electrons. The number of aryl methyl sites for hydroxylation is 2. The summed E-state index contributed by atoms with van der Waals surface area (Å²) in [4.78, 5) is 14.9. The van der Waals surface area contributed by atoms with Crippen LogP contribution < -0.4 is 4.74 Å². The number of hydrogen-bond acceptors (Lipinski definition) is 3. The Hall–Kier alpha value is -3.08. The van der Waals surface area contributed by atoms with Crippen LogP contribution in [0.5, 0.6) is 5.88 Å². The van der Waals surface area contributed by atoms with Gasteiger partial charge in [-0.2, -0.15) is 9.78 Å². The molecule has 0 bridgehead atoms. The van der Waals surface area contributed by atoms with Crippen molar-refractivity contribution < 1.29 is 9.53 Å². The maximum Gasteiger partial charge on any atom is 0.417 e. The Morgan fingerprint density at radius 3 is 2.31 bits per heavy atom. The lowest BCUT2D eigenvalue weighted by molar-refractivity contribution is 0.120. The number of carbonyl (C=O) groups excluding carboxylic acids is 1. The Morgan fingerprint density at radius 2 is 1.62 bits per heavy atom. The Morgan fingerprint density at radius 1 is 0.966 bits per heavy atom. The average molecular weight is 389 g/mol. The standard InChI is InChI=1S/C24H27N3O2/c1-16(2)26(17(3)4)24(28)29-23-22-20-13-9-8-10-18(20)14-15-21(22)25-27(23)19-11-6-5-7-12-19/h5-13,16-17H,14-15H2,1-4H3. The highest BCUT2D eigenvalue weighted by atomic mass is 16.6. The number of rotatable bonds is 4. The molecule has 5 heteroatoms. The maximum absolute atomic E-state index is 13.1. The van der Waals surface area contributed by atoms with E-state index in [4.69, 9.17) is 9.84 Å². The summed E-state index contributed by atoms with van der Waals surface area (Å²) in [5.74, 6) is 0.495. The second-order valence-electron chi connectivity index (χ2n) is 7.99. The summed E-state index contributed by atoms with van der Waals surface area (Å²) in [6.45, 7) is 8.00. The van der Waals surface area contributed by atoms with E-state index < -0.39 is 0 Å². The summed E-state index contributed by atoms with van der Waals surface area (Å²) >= 11 is 0. The van der Waals surface area contributed by atoms with Gasteiger partial charge in [-0.15, -0.1) is 0 Å². The lowest BCUT2D eigenvalue weighted by Crippen LogP contribution is -2.44. The van der Waals surface area contributed by atoms with Crippen LogP contribution in [0.1, 0.15) is 39.0 Å². The van der Waals surface area contributed by atoms with Crippen molar-refractivity contribution in [3.63, 3.8) is 0 Å². The third-order valence-corrected chi connectivity index (χ3v) is 5.34. The molecule has 1 heterocycles. The average Bonchev–Trinajstić information content (AvgIpc) is 3.07. The largest absolute Gasteiger partial charge is 0.417 e. The minimum Gasteiger partial charge on any atom is -0.390 e. The molecule has 1 aromatic heterocycles. The van der Waals surface area contributed by atoms with Crippen molar-refractivity contribution in [3.8, 4) is 22.7 Å². The molecule has 0 N–H and O–H groups in total. The number of fused-ring (bicyclic) bond motifs is 3. The number of aromatic nitrogens is 2. The van der Waals surface area contributed by atoms with E-state index in [2.05, 4.69) is 18.2 Å². The molecule has 29 heavy (non-hydrogen) atoms. The minimum atomic E-state index is -0.349. The Balaban J connectivity index is 1.86. The van der Waals surface area contributed by atoms with Gasteiger partial charge in [0.1, 0.15) is 0 Å². The number of nitrogens with zero attached hydrogens (tertiary/aromatic N) is 3. The van der Waals surface area contributed by atoms with Crippen molar-refractivity contribution in [2.45, 2.75) is 52.6 Å². The smallest absolute Gasteiger partial charge is 0.390 e. The predicted molar refractivity (Wildman–Crippen MR) is 115 cm³/mol. The van der Waals surface area contributed by atoms with Crippen molar-refractivity contribution in [1.82, 2.24) is 14.7 Å². The molecular weight excluding hydrogens is 362 g/mol. The summed E-state index contributed by atoms with van der Waals surface area (Å²) in [6.07, 6.45) is 1.42. The Labute approximate surface area is 171 Å². The van der Waals surface area contributed by atoms with Crippen molar-refractivity contribution in [1.29, 1.82) is 0 Å². The van der Waals surface area contributed by atoms with E-state index in [0.29, 0.717) is 5.88 Å². The van der Waals surface area contributed by atoms with Gasteiger partial charge < -0.3 is 9.64 Å². The van der Waals surface area contributed by atoms with E-state index in [1.165, 1.54) is 5.56 Å². The molecule has 0 radical (unpaired) electrons. The molecule has 0 aliphatic heterocycles. The predicted octanol–water partition coefficient (Wildman–Crippen LogP) is 5.26. The number of para-hydroxylation sites is 1. The van der Waals surface area contributed by atoms with Crippen LogP contribution >= 0.6 is 0 Å². The van der Waals surface area contributed by atoms with Gasteiger partial charge >= 0.3 is 6.09 Å². The fourth-order valence-electron chi connectivity index (χ4n) is 4.12. The number of benzene rings is 2. The van der Waals surface area contributed by atoms with Gasteiger partial charge in [0.25, 0.3) is 0 Å². The second kappa shape index (κ2) is 7.74. The van der Waals surface area contributed by atoms with Crippen LogP contribution in [0.15, 0.2) is 54.6 Å². The number of carbonyl (C=O) groups is 1. The summed E-state index contributed by atoms with van der Waals surface area (Å²) in [6, 6.07) is 18.2. The topological polar surface area (TPSA) is 47.4 Å². The van der Waals surface area contributed by atoms with E-state index in [0.717, 1.165) is 35.3 Å². The van der Waals surface area contributed by atoms with Gasteiger partial charge in [0.15, 0.2) is 0 Å². The summed E-state index contributed by atoms with van der Waals surface area (Å²) in [7, 11) is 0. The van der Waals surface area contributed by atoms with Gasteiger partial charge in [0.05, 0.1) is 16.9 Å². The van der Waals surface area contributed by atoms with Crippen LogP contribution in [0.25, 0.3) is 16.8 Å². The zero-order valence-electron chi connectivity index (χ0n) is 17.4. The summed E-state index contributed by atoms with van der Waals surface area (Å²) in [5.41, 5.74) is 5.13. The van der Waals surface area contributed by atoms with Gasteiger partial charge in [-0.3, -0.25) is 0 Å². The molecule has 0 saturated heterocycles. The fourth-order valence-corrected chi connectivity index (χ4v) is 4.12. The highest BCUT2D eigenvalue weighted by molar-refractivity contribution is 5.81. The highest BCUT2D eigenvalue weighted by Crippen LogP contribution is 2.41. The number of hydrogen-bond donors (Lipinski definition) is 0. The van der Waals surface area contributed by atoms with Crippen LogP contribution in [-0.2, 0) is 12.8 Å². The Kier molecular flexibility index (Phi) is 5.14. The first-order valence-corrected chi connectivity index (χ1v) is 10.2. The van der Waals surface area contributed by atoms with E-state index >= 15 is 0 Å². The first-order valence-electron chi connectivity index (χ1n) is 10.2. The molecule has 1 aliphatic rings. The van der Waals surface area contributed by atoms with Gasteiger partial charge in [0, 0.05) is 12.1 Å². The van der Waals surface area contributed by atoms with Gasteiger partial charge in [-0.25, -0.2) is 4.79 Å². The molecule has 0 fully saturated rings. The number of amides is 1. The lowest BCUT2D eigenvalue weighted by Gasteiger charge is -2.29. The van der Waals surface area contributed by atoms with Crippen LogP contribution in [0, 0.1) is 0 Å². The van der Waals surface area contributed by atoms with E-state index in [9.17, 15) is 4.79 Å². The maximum atomic E-state index is 13.1. The van der Waals surface area contributed by atoms with Gasteiger partial charge in [-0.1, -0.05) is 42.5 Å². The third kappa shape index (κ3) is 3.53. The van der Waals surface area contributed by atoms with E-state index in [-0.39, 0.29) is 18.2 Å². The molecule has 1 aliphatic carbocycles. The Bertz CT molecular complexity index is 1010. The molecule has 3 aromatic rings. The molecule has 1 amide bonds. The van der Waals surface area contributed by atoms with Crippen LogP contribution in [0.3, 0.4) is 0 Å². The lowest BCUT2D eigenvalue weighted by atomic mass is 9.90. The van der Waals surface area contributed by atoms with Crippen molar-refractivity contribution in [3.05, 3.63) is 65.9 Å². The van der Waals surface area contributed by atoms with Gasteiger partial charge in [0.2, 0.25) is 5.88 Å². The molecule has 5 nitrogen and oxygen atoms in total. The molecule has 4 rings (SSSR count). The van der Waals surface area contributed by atoms with E-state index in [1.54, 1.807) is 9.58 Å². The molecule has 0 spiro atoms. The van der Waals surface area contributed by atoms with Crippen molar-refractivity contribution >= 4 is 6.09 Å². The molecule has 0 unspecified atom stereocenters. The monoisotopic (exact) mass is 389 g/mol. The third-order valence-electron chi connectivity index (χ3n) is 5.34. The first-order chi connectivity index (χ1) is 14.0. The van der Waals surface area contributed by atoms with Crippen LogP contribution in [0.2, 0.25) is 0 Å². The highest BCUT2D eigenvalue weighted by Gasteiger charge is 2.30. The molecule has 2 aromatic carbocycles. The van der Waals surface area contributed by atoms with Gasteiger partial charge in [-0.05, 0) is 63.8 Å². The quantitative estimate of drug-likeness (QED) is 0.612. The first kappa shape index (κ1) is 19.2. The van der Waals surface area contributed by atoms with Crippen molar-refractivity contribution in [2.75, 3.05) is 0 Å². The van der Waals surface area contributed by atoms with E-state index in [1.807, 2.05) is 64.1 Å². The normalized spacial score (nSPS) is 12.6. The molecular formula is C24H27N3O2. The molecule has 0 saturated carbocycles. The summed E-state index contributed by atoms with van der Waals surface area (Å²) in [5, 5.41) is 4.84. The van der Waals surface area contributed by atoms with Crippen LogP contribution in [-0.4, -0.2) is 32.9 Å². The fraction of sp³-hybridized carbons (Fsp3) is 0.333. The van der Waals surface area contributed by atoms with Crippen molar-refractivity contribution in [2.24, 2.45) is 0 Å². The second-order valence-corrected chi connectivity index (χ2v) is 7.99. The molecule has 0 atom stereocenters. The zero-order valence-corrected chi connectivity index (χ0v) is 17.4. The number of ether oxygens (including phenoxy) is 1.